The molecule has 0 fully saturated rings. The number of nitrogens with one attached hydrogen (secondary N) is 1. The van der Waals surface area contributed by atoms with Gasteiger partial charge in [-0.15, -0.1) is 0 Å². The lowest BCUT2D eigenvalue weighted by molar-refractivity contribution is 0.0550. The Morgan fingerprint density at radius 3 is 3.23 bits per heavy atom. The van der Waals surface area contributed by atoms with Gasteiger partial charge in [-0.2, -0.15) is 0 Å². The zero-order chi connectivity index (χ0) is 9.52. The molecule has 0 bridgehead atoms. The molecule has 0 aliphatic heterocycles. The molecule has 1 N–H and O–H groups in total. The van der Waals surface area contributed by atoms with Crippen molar-refractivity contribution in [2.24, 2.45) is 0 Å². The molecule has 0 radical (unpaired) electrons. The van der Waals surface area contributed by atoms with Crippen LogP contribution >= 0.6 is 11.8 Å². The second kappa shape index (κ2) is 5.33. The van der Waals surface area contributed by atoms with Crippen molar-refractivity contribution in [1.82, 2.24) is 4.98 Å². The summed E-state index contributed by atoms with van der Waals surface area (Å²) in [6.45, 7) is 0.138. The van der Waals surface area contributed by atoms with E-state index in [1.165, 1.54) is 11.8 Å². The molecule has 1 aromatic rings. The van der Waals surface area contributed by atoms with E-state index in [9.17, 15) is 4.79 Å². The summed E-state index contributed by atoms with van der Waals surface area (Å²) in [7, 11) is 0. The molecule has 0 amide bonds. The van der Waals surface area contributed by atoms with Gasteiger partial charge in [0.15, 0.2) is 6.61 Å². The van der Waals surface area contributed by atoms with Gasteiger partial charge in [0.25, 0.3) is 0 Å². The zero-order valence-corrected chi connectivity index (χ0v) is 7.98. The maximum Gasteiger partial charge on any atom is 0.355 e. The topological polar surface area (TPSA) is 42.1 Å². The van der Waals surface area contributed by atoms with E-state index in [2.05, 4.69) is 16.2 Å². The van der Waals surface area contributed by atoms with Crippen molar-refractivity contribution in [2.45, 2.75) is 0 Å². The van der Waals surface area contributed by atoms with Crippen LogP contribution < -0.4 is 0 Å². The van der Waals surface area contributed by atoms with Crippen LogP contribution in [-0.2, 0) is 4.74 Å². The van der Waals surface area contributed by atoms with Crippen LogP contribution in [0.25, 0.3) is 0 Å². The van der Waals surface area contributed by atoms with Gasteiger partial charge in [-0.1, -0.05) is 11.8 Å². The molecule has 13 heavy (non-hydrogen) atoms. The van der Waals surface area contributed by atoms with Gasteiger partial charge >= 0.3 is 5.97 Å². The fraction of sp³-hybridized carbons (Fsp3) is 0.222. The molecule has 0 unspecified atom stereocenters. The van der Waals surface area contributed by atoms with Crippen molar-refractivity contribution < 1.29 is 9.53 Å². The number of carbonyl (C=O) groups is 1. The highest BCUT2D eigenvalue weighted by Crippen LogP contribution is 1.96. The minimum Gasteiger partial charge on any atom is -0.448 e. The molecule has 0 aromatic carbocycles. The van der Waals surface area contributed by atoms with Crippen LogP contribution in [0, 0.1) is 11.2 Å². The molecule has 0 saturated heterocycles. The molecule has 0 aliphatic rings. The Balaban J connectivity index is 2.35. The maximum absolute atomic E-state index is 11.1. The van der Waals surface area contributed by atoms with Crippen molar-refractivity contribution in [3.8, 4) is 11.2 Å². The van der Waals surface area contributed by atoms with Crippen molar-refractivity contribution in [1.29, 1.82) is 0 Å². The zero-order valence-electron chi connectivity index (χ0n) is 7.16. The molecule has 1 rings (SSSR count). The van der Waals surface area contributed by atoms with Gasteiger partial charge in [0, 0.05) is 6.20 Å². The first-order valence-corrected chi connectivity index (χ1v) is 4.88. The number of hydrogen-bond donors (Lipinski definition) is 1. The fourth-order valence-electron chi connectivity index (χ4n) is 0.738. The number of aromatic amines is 1. The molecule has 0 spiro atoms. The molecule has 4 heteroatoms. The molecule has 3 nitrogen and oxygen atoms in total. The Hall–Kier alpha value is -1.34. The van der Waals surface area contributed by atoms with E-state index in [0.717, 1.165) is 0 Å². The van der Waals surface area contributed by atoms with E-state index in [1.54, 1.807) is 18.3 Å². The Morgan fingerprint density at radius 2 is 2.62 bits per heavy atom. The lowest BCUT2D eigenvalue weighted by Gasteiger charge is -1.96. The maximum atomic E-state index is 11.1. The first-order valence-electron chi connectivity index (χ1n) is 3.66. The third-order valence-electron chi connectivity index (χ3n) is 1.27. The summed E-state index contributed by atoms with van der Waals surface area (Å²) in [5.41, 5.74) is 0.450. The Labute approximate surface area is 80.9 Å². The van der Waals surface area contributed by atoms with Crippen LogP contribution in [0.3, 0.4) is 0 Å². The second-order valence-electron chi connectivity index (χ2n) is 2.14. The molecule has 0 atom stereocenters. The average Bonchev–Trinajstić information content (AvgIpc) is 2.65. The number of carbonyl (C=O) groups excluding carboxylic acids is 1. The first kappa shape index (κ1) is 9.75. The van der Waals surface area contributed by atoms with Crippen molar-refractivity contribution in [3.05, 3.63) is 24.0 Å². The van der Waals surface area contributed by atoms with Crippen LogP contribution in [0.4, 0.5) is 0 Å². The normalized spacial score (nSPS) is 8.69. The molecular formula is C9H9NO2S. The van der Waals surface area contributed by atoms with E-state index in [-0.39, 0.29) is 12.6 Å². The molecular weight excluding hydrogens is 186 g/mol. The number of H-pyrrole nitrogens is 1. The lowest BCUT2D eigenvalue weighted by Crippen LogP contribution is -2.05. The predicted molar refractivity (Wildman–Crippen MR) is 52.4 cm³/mol. The van der Waals surface area contributed by atoms with Crippen LogP contribution in [0.5, 0.6) is 0 Å². The minimum atomic E-state index is -0.375. The van der Waals surface area contributed by atoms with Crippen LogP contribution in [-0.4, -0.2) is 23.8 Å². The quantitative estimate of drug-likeness (QED) is 0.574. The van der Waals surface area contributed by atoms with Crippen molar-refractivity contribution >= 4 is 17.7 Å². The second-order valence-corrected chi connectivity index (χ2v) is 2.76. The van der Waals surface area contributed by atoms with Gasteiger partial charge in [0.1, 0.15) is 5.69 Å². The number of aromatic nitrogens is 1. The van der Waals surface area contributed by atoms with Crippen LogP contribution in [0.1, 0.15) is 10.5 Å². The van der Waals surface area contributed by atoms with Gasteiger partial charge < -0.3 is 9.72 Å². The molecule has 0 saturated carbocycles. The van der Waals surface area contributed by atoms with E-state index < -0.39 is 0 Å². The largest absolute Gasteiger partial charge is 0.448 e. The Kier molecular flexibility index (Phi) is 4.00. The van der Waals surface area contributed by atoms with Gasteiger partial charge in [0.2, 0.25) is 0 Å². The van der Waals surface area contributed by atoms with Crippen LogP contribution in [0.2, 0.25) is 0 Å². The standard InChI is InChI=1S/C9H9NO2S/c1-13-7-3-6-12-9(11)8-4-2-5-10-8/h2,4-5,10H,6H2,1H3. The minimum absolute atomic E-state index is 0.138. The average molecular weight is 195 g/mol. The third-order valence-corrected chi connectivity index (χ3v) is 1.62. The van der Waals surface area contributed by atoms with Gasteiger partial charge in [-0.05, 0) is 29.6 Å². The number of hydrogen-bond acceptors (Lipinski definition) is 3. The highest BCUT2D eigenvalue weighted by atomic mass is 32.2. The summed E-state index contributed by atoms with van der Waals surface area (Å²) in [4.78, 5) is 13.9. The third kappa shape index (κ3) is 3.26. The highest BCUT2D eigenvalue weighted by Gasteiger charge is 2.04. The lowest BCUT2D eigenvalue weighted by atomic mass is 10.4. The summed E-state index contributed by atoms with van der Waals surface area (Å²) in [5.74, 6) is 2.31. The summed E-state index contributed by atoms with van der Waals surface area (Å²) < 4.78 is 4.83. The smallest absolute Gasteiger partial charge is 0.355 e. The van der Waals surface area contributed by atoms with E-state index >= 15 is 0 Å². The molecule has 68 valence electrons. The van der Waals surface area contributed by atoms with Crippen LogP contribution in [0.15, 0.2) is 18.3 Å². The van der Waals surface area contributed by atoms with E-state index in [4.69, 9.17) is 4.74 Å². The SMILES string of the molecule is CSC#CCOC(=O)c1ccc[nH]1. The van der Waals surface area contributed by atoms with Gasteiger partial charge in [-0.25, -0.2) is 4.79 Å². The summed E-state index contributed by atoms with van der Waals surface area (Å²) in [6, 6.07) is 3.40. The first-order chi connectivity index (χ1) is 6.34. The highest BCUT2D eigenvalue weighted by molar-refractivity contribution is 8.03. The van der Waals surface area contributed by atoms with Gasteiger partial charge in [-0.3, -0.25) is 0 Å². The number of esters is 1. The molecule has 1 aromatic heterocycles. The summed E-state index contributed by atoms with van der Waals surface area (Å²) in [6.07, 6.45) is 3.53. The Morgan fingerprint density at radius 1 is 1.77 bits per heavy atom. The fourth-order valence-corrected chi connectivity index (χ4v) is 0.942. The van der Waals surface area contributed by atoms with Crippen molar-refractivity contribution in [2.75, 3.05) is 12.9 Å². The molecule has 0 aliphatic carbocycles. The van der Waals surface area contributed by atoms with E-state index in [0.29, 0.717) is 5.69 Å². The summed E-state index contributed by atoms with van der Waals surface area (Å²) in [5, 5.41) is 2.73. The number of ether oxygens (including phenoxy) is 1. The summed E-state index contributed by atoms with van der Waals surface area (Å²) >= 11 is 1.39. The van der Waals surface area contributed by atoms with Crippen molar-refractivity contribution in [3.63, 3.8) is 0 Å². The predicted octanol–water partition coefficient (Wildman–Crippen LogP) is 1.50. The number of rotatable bonds is 2. The monoisotopic (exact) mass is 195 g/mol. The van der Waals surface area contributed by atoms with Gasteiger partial charge in [0.05, 0.1) is 0 Å². The Bertz CT molecular complexity index is 321. The van der Waals surface area contributed by atoms with E-state index in [1.807, 2.05) is 6.26 Å². The number of thioether (sulfide) groups is 1. The molecule has 1 heterocycles.